The zero-order valence-electron chi connectivity index (χ0n) is 17.9. The van der Waals surface area contributed by atoms with Crippen molar-refractivity contribution in [2.24, 2.45) is 16.6 Å². The molecule has 1 aromatic carbocycles. The van der Waals surface area contributed by atoms with Crippen molar-refractivity contribution in [3.8, 4) is 0 Å². The molecule has 1 atom stereocenters. The molecule has 1 heterocycles. The van der Waals surface area contributed by atoms with Crippen LogP contribution >= 0.6 is 20.1 Å². The highest BCUT2D eigenvalue weighted by Crippen LogP contribution is 2.22. The second kappa shape index (κ2) is 12.3. The number of para-hydroxylation sites is 1. The van der Waals surface area contributed by atoms with Crippen LogP contribution in [0.5, 0.6) is 0 Å². The average molecular weight is 461 g/mol. The Morgan fingerprint density at radius 2 is 2.10 bits per heavy atom. The van der Waals surface area contributed by atoms with Crippen LogP contribution in [0.25, 0.3) is 0 Å². The van der Waals surface area contributed by atoms with Gasteiger partial charge in [0.15, 0.2) is 5.76 Å². The van der Waals surface area contributed by atoms with E-state index in [0.29, 0.717) is 30.3 Å². The summed E-state index contributed by atoms with van der Waals surface area (Å²) in [5.41, 5.74) is 6.87. The molecule has 0 aliphatic rings. The van der Waals surface area contributed by atoms with Crippen molar-refractivity contribution in [2.75, 3.05) is 13.2 Å². The SMILES string of the molecule is CCOPc1ccccc1N=C(N)/C(C(=O)NCCC(C)C)=C(\O)C(=N)c1ccsc1. The molecule has 31 heavy (non-hydrogen) atoms. The molecule has 0 saturated heterocycles. The molecular weight excluding hydrogens is 431 g/mol. The molecule has 2 aromatic rings. The standard InChI is InChI=1S/C22H29N4O3PS/c1-4-29-30-17-8-6-5-7-16(17)26-21(24)18(22(28)25-11-9-14(2)3)20(27)19(23)15-10-12-31-13-15/h5-8,10,12-14,23,27,30H,4,9,11H2,1-3H3,(H2,24,26)(H,25,28)/b20-18+,23-19?. The number of benzene rings is 1. The minimum absolute atomic E-state index is 0.0772. The normalized spacial score (nSPS) is 13.0. The molecule has 9 heteroatoms. The van der Waals surface area contributed by atoms with Crippen molar-refractivity contribution < 1.29 is 14.4 Å². The van der Waals surface area contributed by atoms with Gasteiger partial charge >= 0.3 is 0 Å². The topological polar surface area (TPSA) is 121 Å². The van der Waals surface area contributed by atoms with Crippen molar-refractivity contribution in [1.29, 1.82) is 5.41 Å². The van der Waals surface area contributed by atoms with Gasteiger partial charge in [0.2, 0.25) is 0 Å². The number of thiophene rings is 1. The monoisotopic (exact) mass is 460 g/mol. The summed E-state index contributed by atoms with van der Waals surface area (Å²) in [6.45, 7) is 7.00. The molecule has 1 aromatic heterocycles. The van der Waals surface area contributed by atoms with E-state index in [1.165, 1.54) is 11.3 Å². The third-order valence-electron chi connectivity index (χ3n) is 4.25. The molecule has 0 saturated carbocycles. The molecule has 0 fully saturated rings. The van der Waals surface area contributed by atoms with Crippen molar-refractivity contribution in [3.05, 3.63) is 58.0 Å². The summed E-state index contributed by atoms with van der Waals surface area (Å²) < 4.78 is 5.50. The molecule has 1 amide bonds. The van der Waals surface area contributed by atoms with Gasteiger partial charge in [-0.25, -0.2) is 4.99 Å². The first-order chi connectivity index (χ1) is 14.8. The van der Waals surface area contributed by atoms with Crippen molar-refractivity contribution >= 4 is 48.6 Å². The van der Waals surface area contributed by atoms with Crippen LogP contribution in [0, 0.1) is 11.3 Å². The van der Waals surface area contributed by atoms with Gasteiger partial charge in [-0.15, -0.1) is 0 Å². The number of aliphatic hydroxyl groups is 1. The Bertz CT molecular complexity index is 955. The highest BCUT2D eigenvalue weighted by atomic mass is 32.1. The van der Waals surface area contributed by atoms with Crippen LogP contribution in [0.1, 0.15) is 32.8 Å². The number of carbonyl (C=O) groups is 1. The first-order valence-corrected chi connectivity index (χ1v) is 11.8. The van der Waals surface area contributed by atoms with Crippen LogP contribution in [-0.4, -0.2) is 35.7 Å². The summed E-state index contributed by atoms with van der Waals surface area (Å²) in [6, 6.07) is 9.02. The first kappa shape index (κ1) is 24.7. The van der Waals surface area contributed by atoms with Crippen LogP contribution in [0.15, 0.2) is 57.4 Å². The van der Waals surface area contributed by atoms with Crippen LogP contribution in [0.2, 0.25) is 0 Å². The van der Waals surface area contributed by atoms with Gasteiger partial charge in [0.05, 0.1) is 5.69 Å². The van der Waals surface area contributed by atoms with E-state index in [4.69, 9.17) is 15.7 Å². The summed E-state index contributed by atoms with van der Waals surface area (Å²) in [6.07, 6.45) is 0.775. The number of amides is 1. The number of nitrogens with one attached hydrogen (secondary N) is 2. The Morgan fingerprint density at radius 1 is 1.35 bits per heavy atom. The maximum absolute atomic E-state index is 12.9. The molecule has 0 radical (unpaired) electrons. The highest BCUT2D eigenvalue weighted by molar-refractivity contribution is 7.42. The maximum Gasteiger partial charge on any atom is 0.258 e. The predicted octanol–water partition coefficient (Wildman–Crippen LogP) is 4.03. The molecule has 166 valence electrons. The zero-order valence-corrected chi connectivity index (χ0v) is 19.8. The zero-order chi connectivity index (χ0) is 22.8. The largest absolute Gasteiger partial charge is 0.505 e. The molecule has 7 nitrogen and oxygen atoms in total. The van der Waals surface area contributed by atoms with Crippen LogP contribution in [0.3, 0.4) is 0 Å². The van der Waals surface area contributed by atoms with Gasteiger partial charge in [-0.05, 0) is 36.8 Å². The number of amidine groups is 1. The number of aliphatic imine (C=N–C) groups is 1. The molecule has 0 spiro atoms. The van der Waals surface area contributed by atoms with Gasteiger partial charge in [0.25, 0.3) is 5.91 Å². The molecule has 2 rings (SSSR count). The van der Waals surface area contributed by atoms with Crippen molar-refractivity contribution in [3.63, 3.8) is 0 Å². The summed E-state index contributed by atoms with van der Waals surface area (Å²) in [5, 5.41) is 26.2. The minimum atomic E-state index is -0.566. The summed E-state index contributed by atoms with van der Waals surface area (Å²) in [5.74, 6) is -0.827. The Hall–Kier alpha value is -2.54. The lowest BCUT2D eigenvalue weighted by Crippen LogP contribution is -2.35. The molecule has 0 bridgehead atoms. The fourth-order valence-corrected chi connectivity index (χ4v) is 3.92. The summed E-state index contributed by atoms with van der Waals surface area (Å²) in [4.78, 5) is 17.3. The van der Waals surface area contributed by atoms with E-state index < -0.39 is 11.7 Å². The molecular formula is C22H29N4O3PS. The quantitative estimate of drug-likeness (QED) is 0.133. The lowest BCUT2D eigenvalue weighted by molar-refractivity contribution is -0.117. The summed E-state index contributed by atoms with van der Waals surface area (Å²) in [7, 11) is 0.0772. The van der Waals surface area contributed by atoms with Crippen molar-refractivity contribution in [1.82, 2.24) is 5.32 Å². The van der Waals surface area contributed by atoms with E-state index in [-0.39, 0.29) is 25.9 Å². The van der Waals surface area contributed by atoms with Gasteiger partial charge in [0, 0.05) is 38.2 Å². The second-order valence-electron chi connectivity index (χ2n) is 7.10. The number of hydrogen-bond acceptors (Lipinski definition) is 6. The lowest BCUT2D eigenvalue weighted by Gasteiger charge is -2.13. The minimum Gasteiger partial charge on any atom is -0.505 e. The lowest BCUT2D eigenvalue weighted by atomic mass is 10.1. The number of aliphatic hydroxyl groups excluding tert-OH is 1. The molecule has 0 aliphatic carbocycles. The van der Waals surface area contributed by atoms with Crippen LogP contribution in [-0.2, 0) is 9.32 Å². The van der Waals surface area contributed by atoms with E-state index in [0.717, 1.165) is 11.7 Å². The number of carbonyl (C=O) groups excluding carboxylic acids is 1. The van der Waals surface area contributed by atoms with Gasteiger partial charge < -0.3 is 20.7 Å². The number of rotatable bonds is 11. The second-order valence-corrected chi connectivity index (χ2v) is 8.91. The Kier molecular flexibility index (Phi) is 9.85. The predicted molar refractivity (Wildman–Crippen MR) is 131 cm³/mol. The Morgan fingerprint density at radius 3 is 2.74 bits per heavy atom. The van der Waals surface area contributed by atoms with Crippen LogP contribution in [0.4, 0.5) is 5.69 Å². The Balaban J connectivity index is 2.44. The Labute approximate surface area is 188 Å². The van der Waals surface area contributed by atoms with Crippen molar-refractivity contribution in [2.45, 2.75) is 27.2 Å². The third-order valence-corrected chi connectivity index (χ3v) is 6.00. The highest BCUT2D eigenvalue weighted by Gasteiger charge is 2.23. The van der Waals surface area contributed by atoms with Gasteiger partial charge in [-0.2, -0.15) is 11.3 Å². The fourth-order valence-electron chi connectivity index (χ4n) is 2.57. The van der Waals surface area contributed by atoms with E-state index in [1.54, 1.807) is 22.9 Å². The molecule has 0 aliphatic heterocycles. The van der Waals surface area contributed by atoms with E-state index >= 15 is 0 Å². The fraction of sp³-hybridized carbons (Fsp3) is 0.318. The number of hydrogen-bond donors (Lipinski definition) is 4. The van der Waals surface area contributed by atoms with E-state index in [1.807, 2.05) is 25.1 Å². The van der Waals surface area contributed by atoms with Gasteiger partial charge in [-0.3, -0.25) is 10.2 Å². The molecule has 1 unspecified atom stereocenters. The third kappa shape index (κ3) is 7.28. The van der Waals surface area contributed by atoms with E-state index in [2.05, 4.69) is 24.2 Å². The maximum atomic E-state index is 12.9. The van der Waals surface area contributed by atoms with Gasteiger partial charge in [0.1, 0.15) is 17.1 Å². The van der Waals surface area contributed by atoms with E-state index in [9.17, 15) is 9.90 Å². The number of nitrogens with two attached hydrogens (primary N) is 1. The van der Waals surface area contributed by atoms with Crippen LogP contribution < -0.4 is 16.4 Å². The first-order valence-electron chi connectivity index (χ1n) is 9.99. The molecule has 5 N–H and O–H groups in total. The average Bonchev–Trinajstić information content (AvgIpc) is 3.27. The van der Waals surface area contributed by atoms with Gasteiger partial charge in [-0.1, -0.05) is 32.0 Å². The number of allylic oxidation sites excluding steroid dienone is 1. The number of nitrogens with zero attached hydrogens (tertiary/aromatic N) is 1. The smallest absolute Gasteiger partial charge is 0.258 e. The summed E-state index contributed by atoms with van der Waals surface area (Å²) >= 11 is 1.39.